The van der Waals surface area contributed by atoms with Crippen LogP contribution in [0.2, 0.25) is 0 Å². The van der Waals surface area contributed by atoms with Crippen LogP contribution in [0.25, 0.3) is 10.2 Å². The van der Waals surface area contributed by atoms with Crippen LogP contribution in [-0.2, 0) is 9.53 Å². The van der Waals surface area contributed by atoms with Crippen LogP contribution in [-0.4, -0.2) is 30.7 Å². The number of benzene rings is 1. The number of hydrogen-bond acceptors (Lipinski definition) is 5. The number of fused-ring (bicyclic) bond motifs is 1. The number of nitrogens with zero attached hydrogens (tertiary/aromatic N) is 1. The second kappa shape index (κ2) is 7.61. The molecule has 0 aliphatic rings. The number of methoxy groups -OCH3 is 2. The molecule has 7 heteroatoms. The monoisotopic (exact) mass is 372 g/mol. The van der Waals surface area contributed by atoms with Gasteiger partial charge in [0.1, 0.15) is 22.3 Å². The number of amides is 1. The third-order valence-electron chi connectivity index (χ3n) is 4.21. The Morgan fingerprint density at radius 3 is 2.69 bits per heavy atom. The van der Waals surface area contributed by atoms with Crippen molar-refractivity contribution >= 4 is 39.1 Å². The third kappa shape index (κ3) is 3.17. The first-order chi connectivity index (χ1) is 12.6. The van der Waals surface area contributed by atoms with Gasteiger partial charge in [-0.05, 0) is 36.1 Å². The van der Waals surface area contributed by atoms with Crippen molar-refractivity contribution in [1.82, 2.24) is 4.57 Å². The Kier molecular flexibility index (Phi) is 5.27. The zero-order valence-corrected chi connectivity index (χ0v) is 15.6. The number of anilines is 1. The van der Waals surface area contributed by atoms with Crippen LogP contribution < -0.4 is 10.1 Å². The lowest BCUT2D eigenvalue weighted by Gasteiger charge is -2.20. The Hall–Kier alpha value is -2.80. The van der Waals surface area contributed by atoms with E-state index >= 15 is 0 Å². The van der Waals surface area contributed by atoms with E-state index < -0.39 is 12.0 Å². The normalized spacial score (nSPS) is 12.0. The number of para-hydroxylation sites is 2. The fourth-order valence-corrected chi connectivity index (χ4v) is 3.91. The third-order valence-corrected chi connectivity index (χ3v) is 5.13. The maximum Gasteiger partial charge on any atom is 0.354 e. The van der Waals surface area contributed by atoms with Gasteiger partial charge in [0, 0.05) is 5.39 Å². The highest BCUT2D eigenvalue weighted by Gasteiger charge is 2.27. The maximum absolute atomic E-state index is 13.0. The van der Waals surface area contributed by atoms with Gasteiger partial charge in [0.15, 0.2) is 0 Å². The van der Waals surface area contributed by atoms with Gasteiger partial charge in [-0.25, -0.2) is 4.79 Å². The number of thiophene rings is 1. The molecule has 0 bridgehead atoms. The minimum atomic E-state index is -0.551. The number of aromatic nitrogens is 1. The van der Waals surface area contributed by atoms with E-state index in [0.29, 0.717) is 23.6 Å². The molecule has 136 valence electrons. The summed E-state index contributed by atoms with van der Waals surface area (Å²) in [5.74, 6) is -0.0948. The predicted octanol–water partition coefficient (Wildman–Crippen LogP) is 4.09. The molecule has 0 aliphatic carbocycles. The molecule has 6 nitrogen and oxygen atoms in total. The first-order valence-electron chi connectivity index (χ1n) is 8.21. The zero-order chi connectivity index (χ0) is 18.7. The molecule has 0 aliphatic heterocycles. The van der Waals surface area contributed by atoms with E-state index in [1.807, 2.05) is 30.5 Å². The number of carbonyl (C=O) groups is 2. The topological polar surface area (TPSA) is 69.6 Å². The van der Waals surface area contributed by atoms with Crippen molar-refractivity contribution in [2.24, 2.45) is 0 Å². The second-order valence-electron chi connectivity index (χ2n) is 5.69. The Balaban J connectivity index is 2.00. The van der Waals surface area contributed by atoms with E-state index in [1.165, 1.54) is 18.4 Å². The van der Waals surface area contributed by atoms with Gasteiger partial charge in [0.25, 0.3) is 0 Å². The average Bonchev–Trinajstić information content (AvgIpc) is 3.24. The van der Waals surface area contributed by atoms with Crippen LogP contribution in [0, 0.1) is 0 Å². The van der Waals surface area contributed by atoms with Gasteiger partial charge in [-0.15, -0.1) is 11.3 Å². The number of nitrogens with one attached hydrogen (secondary N) is 1. The molecule has 0 saturated carbocycles. The van der Waals surface area contributed by atoms with Crippen molar-refractivity contribution in [3.05, 3.63) is 47.5 Å². The summed E-state index contributed by atoms with van der Waals surface area (Å²) in [6, 6.07) is 10.4. The number of carbonyl (C=O) groups excluding carboxylic acids is 2. The van der Waals surface area contributed by atoms with Gasteiger partial charge < -0.3 is 19.4 Å². The highest BCUT2D eigenvalue weighted by Crippen LogP contribution is 2.32. The van der Waals surface area contributed by atoms with E-state index in [-0.39, 0.29) is 5.91 Å². The molecule has 1 N–H and O–H groups in total. The zero-order valence-electron chi connectivity index (χ0n) is 14.8. The number of hydrogen-bond donors (Lipinski definition) is 1. The van der Waals surface area contributed by atoms with E-state index in [0.717, 1.165) is 10.2 Å². The molecule has 2 aromatic heterocycles. The summed E-state index contributed by atoms with van der Waals surface area (Å²) >= 11 is 1.49. The minimum Gasteiger partial charge on any atom is -0.495 e. The molecule has 1 aromatic carbocycles. The molecule has 26 heavy (non-hydrogen) atoms. The molecule has 2 heterocycles. The number of ether oxygens (including phenoxy) is 2. The van der Waals surface area contributed by atoms with Crippen LogP contribution in [0.4, 0.5) is 5.69 Å². The highest BCUT2D eigenvalue weighted by atomic mass is 32.1. The Labute approximate surface area is 155 Å². The van der Waals surface area contributed by atoms with Crippen LogP contribution in [0.1, 0.15) is 29.9 Å². The van der Waals surface area contributed by atoms with Gasteiger partial charge in [0.05, 0.1) is 19.9 Å². The van der Waals surface area contributed by atoms with Gasteiger partial charge in [-0.2, -0.15) is 0 Å². The van der Waals surface area contributed by atoms with Gasteiger partial charge in [-0.3, -0.25) is 4.79 Å². The lowest BCUT2D eigenvalue weighted by atomic mass is 10.2. The van der Waals surface area contributed by atoms with Crippen LogP contribution in [0.5, 0.6) is 5.75 Å². The largest absolute Gasteiger partial charge is 0.495 e. The van der Waals surface area contributed by atoms with Crippen molar-refractivity contribution < 1.29 is 19.1 Å². The van der Waals surface area contributed by atoms with E-state index in [1.54, 1.807) is 29.9 Å². The van der Waals surface area contributed by atoms with E-state index in [2.05, 4.69) is 5.32 Å². The first kappa shape index (κ1) is 18.0. The molecular weight excluding hydrogens is 352 g/mol. The molecule has 3 aromatic rings. The molecule has 0 fully saturated rings. The standard InChI is InChI=1S/C19H20N2O4S/c1-4-14(17(22)20-13-7-5-6-8-16(13)24-2)21-15(19(23)25-3)11-12-9-10-26-18(12)21/h5-11,14H,4H2,1-3H3,(H,20,22)/t14-/m1/s1. The summed E-state index contributed by atoms with van der Waals surface area (Å²) in [6.45, 7) is 1.91. The van der Waals surface area contributed by atoms with Crippen molar-refractivity contribution in [1.29, 1.82) is 0 Å². The summed E-state index contributed by atoms with van der Waals surface area (Å²) in [7, 11) is 2.89. The smallest absolute Gasteiger partial charge is 0.354 e. The first-order valence-corrected chi connectivity index (χ1v) is 9.09. The molecule has 0 spiro atoms. The lowest BCUT2D eigenvalue weighted by Crippen LogP contribution is -2.28. The number of esters is 1. The molecular formula is C19H20N2O4S. The van der Waals surface area contributed by atoms with E-state index in [9.17, 15) is 9.59 Å². The molecule has 0 saturated heterocycles. The Bertz CT molecular complexity index is 944. The molecule has 1 amide bonds. The SMILES string of the molecule is CC[C@H](C(=O)Nc1ccccc1OC)n1c(C(=O)OC)cc2ccsc21. The summed E-state index contributed by atoms with van der Waals surface area (Å²) in [4.78, 5) is 26.1. The minimum absolute atomic E-state index is 0.215. The highest BCUT2D eigenvalue weighted by molar-refractivity contribution is 7.16. The Morgan fingerprint density at radius 2 is 2.00 bits per heavy atom. The van der Waals surface area contributed by atoms with Crippen molar-refractivity contribution in [2.45, 2.75) is 19.4 Å². The molecule has 0 unspecified atom stereocenters. The van der Waals surface area contributed by atoms with Gasteiger partial charge in [-0.1, -0.05) is 19.1 Å². The second-order valence-corrected chi connectivity index (χ2v) is 6.58. The molecule has 0 radical (unpaired) electrons. The lowest BCUT2D eigenvalue weighted by molar-refractivity contribution is -0.119. The van der Waals surface area contributed by atoms with E-state index in [4.69, 9.17) is 9.47 Å². The summed E-state index contributed by atoms with van der Waals surface area (Å²) in [5.41, 5.74) is 0.962. The average molecular weight is 372 g/mol. The molecule has 1 atom stereocenters. The van der Waals surface area contributed by atoms with Gasteiger partial charge >= 0.3 is 5.97 Å². The van der Waals surface area contributed by atoms with Crippen molar-refractivity contribution in [2.75, 3.05) is 19.5 Å². The van der Waals surface area contributed by atoms with Crippen LogP contribution >= 0.6 is 11.3 Å². The Morgan fingerprint density at radius 1 is 1.23 bits per heavy atom. The maximum atomic E-state index is 13.0. The summed E-state index contributed by atoms with van der Waals surface area (Å²) in [5, 5.41) is 5.76. The van der Waals surface area contributed by atoms with Crippen LogP contribution in [0.15, 0.2) is 41.8 Å². The predicted molar refractivity (Wildman–Crippen MR) is 102 cm³/mol. The van der Waals surface area contributed by atoms with Crippen molar-refractivity contribution in [3.8, 4) is 5.75 Å². The van der Waals surface area contributed by atoms with Crippen molar-refractivity contribution in [3.63, 3.8) is 0 Å². The number of rotatable bonds is 6. The van der Waals surface area contributed by atoms with Gasteiger partial charge in [0.2, 0.25) is 5.91 Å². The fourth-order valence-electron chi connectivity index (χ4n) is 2.96. The summed E-state index contributed by atoms with van der Waals surface area (Å²) in [6.07, 6.45) is 0.520. The quantitative estimate of drug-likeness (QED) is 0.662. The fraction of sp³-hybridized carbons (Fsp3) is 0.263. The molecule has 3 rings (SSSR count). The van der Waals surface area contributed by atoms with Crippen LogP contribution in [0.3, 0.4) is 0 Å². The summed E-state index contributed by atoms with van der Waals surface area (Å²) < 4.78 is 12.0.